The van der Waals surface area contributed by atoms with Crippen molar-refractivity contribution in [3.8, 4) is 17.0 Å². The number of carbonyl (C=O) groups is 1. The molecule has 0 aliphatic heterocycles. The number of imidazole rings is 1. The Morgan fingerprint density at radius 1 is 1.18 bits per heavy atom. The maximum Gasteiger partial charge on any atom is 0.390 e. The van der Waals surface area contributed by atoms with Crippen LogP contribution in [0.5, 0.6) is 5.75 Å². The third-order valence-corrected chi connectivity index (χ3v) is 7.01. The maximum absolute atomic E-state index is 14.5. The SMILES string of the molecule is COc1ccc(C(C)c2cc(NCCC(F)(F)F)c3ncc(-c4ccc(C(=O)NC5CC5)c(C)c4)n3n2)cc1F. The lowest BCUT2D eigenvalue weighted by molar-refractivity contribution is -0.131. The summed E-state index contributed by atoms with van der Waals surface area (Å²) in [7, 11) is 1.38. The second-order valence-electron chi connectivity index (χ2n) is 10.0. The number of halogens is 4. The molecule has 5 rings (SSSR count). The van der Waals surface area contributed by atoms with Crippen molar-refractivity contribution >= 4 is 17.2 Å². The van der Waals surface area contributed by atoms with Gasteiger partial charge in [-0.3, -0.25) is 4.79 Å². The Morgan fingerprint density at radius 2 is 1.95 bits per heavy atom. The average Bonchev–Trinajstić information content (AvgIpc) is 3.61. The molecule has 1 amide bonds. The van der Waals surface area contributed by atoms with Crippen LogP contribution in [-0.4, -0.2) is 46.4 Å². The number of benzene rings is 2. The first-order valence-corrected chi connectivity index (χ1v) is 13.0. The third-order valence-electron chi connectivity index (χ3n) is 7.01. The second-order valence-corrected chi connectivity index (χ2v) is 10.0. The molecule has 2 heterocycles. The molecule has 11 heteroatoms. The van der Waals surface area contributed by atoms with Crippen molar-refractivity contribution in [2.24, 2.45) is 0 Å². The Morgan fingerprint density at radius 3 is 2.60 bits per heavy atom. The van der Waals surface area contributed by atoms with Crippen LogP contribution in [0.3, 0.4) is 0 Å². The number of carbonyl (C=O) groups excluding carboxylic acids is 1. The fourth-order valence-corrected chi connectivity index (χ4v) is 4.56. The standard InChI is InChI=1S/C29H29F4N5O2/c1-16-12-19(4-8-21(16)28(39)36-20-6-7-20)25-15-35-27-24(34-11-10-29(31,32)33)14-23(37-38(25)27)17(2)18-5-9-26(40-3)22(30)13-18/h4-5,8-9,12-15,17,20,34H,6-7,10-11H2,1-3H3,(H,36,39). The zero-order chi connectivity index (χ0) is 28.6. The summed E-state index contributed by atoms with van der Waals surface area (Å²) in [6.45, 7) is 3.33. The number of aromatic nitrogens is 3. The number of hydrogen-bond donors (Lipinski definition) is 2. The highest BCUT2D eigenvalue weighted by Crippen LogP contribution is 2.32. The summed E-state index contributed by atoms with van der Waals surface area (Å²) in [5.74, 6) is -0.947. The number of nitrogens with one attached hydrogen (secondary N) is 2. The van der Waals surface area contributed by atoms with Crippen LogP contribution in [0.15, 0.2) is 48.7 Å². The van der Waals surface area contributed by atoms with Crippen molar-refractivity contribution in [1.29, 1.82) is 0 Å². The molecular weight excluding hydrogens is 526 g/mol. The number of rotatable bonds is 9. The van der Waals surface area contributed by atoms with Crippen molar-refractivity contribution in [1.82, 2.24) is 19.9 Å². The van der Waals surface area contributed by atoms with E-state index in [1.165, 1.54) is 19.2 Å². The number of methoxy groups -OCH3 is 1. The van der Waals surface area contributed by atoms with Gasteiger partial charge in [-0.25, -0.2) is 13.9 Å². The van der Waals surface area contributed by atoms with E-state index in [2.05, 4.69) is 15.6 Å². The summed E-state index contributed by atoms with van der Waals surface area (Å²) in [6, 6.07) is 11.9. The van der Waals surface area contributed by atoms with Gasteiger partial charge in [0.2, 0.25) is 0 Å². The predicted octanol–water partition coefficient (Wildman–Crippen LogP) is 6.26. The van der Waals surface area contributed by atoms with Gasteiger partial charge in [0, 0.05) is 29.6 Å². The van der Waals surface area contributed by atoms with Crippen LogP contribution in [0.25, 0.3) is 16.9 Å². The molecule has 1 atom stereocenters. The van der Waals surface area contributed by atoms with Gasteiger partial charge < -0.3 is 15.4 Å². The van der Waals surface area contributed by atoms with Crippen LogP contribution in [0.4, 0.5) is 23.2 Å². The fourth-order valence-electron chi connectivity index (χ4n) is 4.56. The largest absolute Gasteiger partial charge is 0.494 e. The molecule has 2 aromatic carbocycles. The first kappa shape index (κ1) is 27.4. The van der Waals surface area contributed by atoms with Crippen molar-refractivity contribution in [2.45, 2.75) is 51.2 Å². The quantitative estimate of drug-likeness (QED) is 0.238. The molecule has 0 radical (unpaired) electrons. The van der Waals surface area contributed by atoms with Crippen LogP contribution in [0.1, 0.15) is 59.3 Å². The monoisotopic (exact) mass is 555 g/mol. The van der Waals surface area contributed by atoms with Crippen molar-refractivity contribution in [3.05, 3.63) is 76.9 Å². The number of aryl methyl sites for hydroxylation is 1. The summed E-state index contributed by atoms with van der Waals surface area (Å²) >= 11 is 0. The van der Waals surface area contributed by atoms with E-state index in [4.69, 9.17) is 9.84 Å². The van der Waals surface area contributed by atoms with Crippen molar-refractivity contribution in [3.63, 3.8) is 0 Å². The Kier molecular flexibility index (Phi) is 7.39. The van der Waals surface area contributed by atoms with E-state index in [0.717, 1.165) is 24.0 Å². The molecule has 4 aromatic rings. The number of nitrogens with zero attached hydrogens (tertiary/aromatic N) is 3. The third kappa shape index (κ3) is 5.88. The number of amides is 1. The van der Waals surface area contributed by atoms with Gasteiger partial charge in [0.05, 0.1) is 36.8 Å². The van der Waals surface area contributed by atoms with E-state index in [9.17, 15) is 22.4 Å². The summed E-state index contributed by atoms with van der Waals surface area (Å²) < 4.78 is 59.7. The van der Waals surface area contributed by atoms with Gasteiger partial charge >= 0.3 is 6.18 Å². The van der Waals surface area contributed by atoms with E-state index < -0.39 is 24.3 Å². The van der Waals surface area contributed by atoms with Gasteiger partial charge in [0.15, 0.2) is 17.2 Å². The topological polar surface area (TPSA) is 80.5 Å². The maximum atomic E-state index is 14.5. The van der Waals surface area contributed by atoms with Crippen LogP contribution in [0, 0.1) is 12.7 Å². The number of anilines is 1. The van der Waals surface area contributed by atoms with Crippen LogP contribution in [-0.2, 0) is 0 Å². The lowest BCUT2D eigenvalue weighted by Crippen LogP contribution is -2.26. The van der Waals surface area contributed by atoms with Crippen molar-refractivity contribution in [2.75, 3.05) is 19.0 Å². The molecule has 0 saturated heterocycles. The molecule has 1 unspecified atom stereocenters. The first-order chi connectivity index (χ1) is 19.0. The molecule has 40 heavy (non-hydrogen) atoms. The number of hydrogen-bond acceptors (Lipinski definition) is 5. The number of ether oxygens (including phenoxy) is 1. The smallest absolute Gasteiger partial charge is 0.390 e. The molecule has 2 aromatic heterocycles. The summed E-state index contributed by atoms with van der Waals surface area (Å²) in [4.78, 5) is 17.1. The molecule has 2 N–H and O–H groups in total. The predicted molar refractivity (Wildman–Crippen MR) is 143 cm³/mol. The Bertz CT molecular complexity index is 1560. The van der Waals surface area contributed by atoms with E-state index >= 15 is 0 Å². The summed E-state index contributed by atoms with van der Waals surface area (Å²) in [6.07, 6.45) is -1.78. The second kappa shape index (κ2) is 10.8. The van der Waals surface area contributed by atoms with Gasteiger partial charge in [-0.05, 0) is 61.2 Å². The minimum Gasteiger partial charge on any atom is -0.494 e. The number of fused-ring (bicyclic) bond motifs is 1. The van der Waals surface area contributed by atoms with Crippen molar-refractivity contribution < 1.29 is 27.1 Å². The van der Waals surface area contributed by atoms with Gasteiger partial charge in [0.1, 0.15) is 0 Å². The normalized spacial score (nSPS) is 14.3. The van der Waals surface area contributed by atoms with Gasteiger partial charge in [-0.2, -0.15) is 18.3 Å². The molecule has 0 bridgehead atoms. The van der Waals surface area contributed by atoms with Crippen LogP contribution >= 0.6 is 0 Å². The minimum absolute atomic E-state index is 0.107. The molecule has 1 fully saturated rings. The lowest BCUT2D eigenvalue weighted by atomic mass is 9.97. The molecule has 7 nitrogen and oxygen atoms in total. The summed E-state index contributed by atoms with van der Waals surface area (Å²) in [5.41, 5.74) is 4.52. The molecule has 1 aliphatic rings. The van der Waals surface area contributed by atoms with Crippen LogP contribution in [0.2, 0.25) is 0 Å². The first-order valence-electron chi connectivity index (χ1n) is 13.0. The molecule has 1 saturated carbocycles. The Balaban J connectivity index is 1.54. The fraction of sp³-hybridized carbons (Fsp3) is 0.345. The van der Waals surface area contributed by atoms with E-state index in [1.54, 1.807) is 35.0 Å². The molecule has 0 spiro atoms. The van der Waals surface area contributed by atoms with E-state index in [1.807, 2.05) is 19.9 Å². The molecular formula is C29H29F4N5O2. The van der Waals surface area contributed by atoms with E-state index in [0.29, 0.717) is 33.8 Å². The molecule has 210 valence electrons. The zero-order valence-electron chi connectivity index (χ0n) is 22.3. The highest BCUT2D eigenvalue weighted by atomic mass is 19.4. The van der Waals surface area contributed by atoms with E-state index in [-0.39, 0.29) is 24.2 Å². The summed E-state index contributed by atoms with van der Waals surface area (Å²) in [5, 5.41) is 10.6. The Labute approximate surface area is 228 Å². The van der Waals surface area contributed by atoms with Crippen LogP contribution < -0.4 is 15.4 Å². The lowest BCUT2D eigenvalue weighted by Gasteiger charge is -2.17. The Hall–Kier alpha value is -4.15. The number of alkyl halides is 3. The highest BCUT2D eigenvalue weighted by molar-refractivity contribution is 5.96. The zero-order valence-corrected chi connectivity index (χ0v) is 22.3. The van der Waals surface area contributed by atoms with Gasteiger partial charge in [-0.1, -0.05) is 19.1 Å². The highest BCUT2D eigenvalue weighted by Gasteiger charge is 2.27. The van der Waals surface area contributed by atoms with Gasteiger partial charge in [-0.15, -0.1) is 0 Å². The molecule has 1 aliphatic carbocycles. The average molecular weight is 556 g/mol. The van der Waals surface area contributed by atoms with Gasteiger partial charge in [0.25, 0.3) is 5.91 Å². The minimum atomic E-state index is -4.32.